The van der Waals surface area contributed by atoms with Gasteiger partial charge in [0, 0.05) is 45.2 Å². The van der Waals surface area contributed by atoms with Gasteiger partial charge in [0.2, 0.25) is 15.9 Å². The summed E-state index contributed by atoms with van der Waals surface area (Å²) in [5, 5.41) is 3.18. The van der Waals surface area contributed by atoms with Crippen LogP contribution >= 0.6 is 0 Å². The van der Waals surface area contributed by atoms with Crippen LogP contribution in [0, 0.1) is 0 Å². The van der Waals surface area contributed by atoms with Crippen molar-refractivity contribution < 1.29 is 17.9 Å². The summed E-state index contributed by atoms with van der Waals surface area (Å²) < 4.78 is 32.2. The Labute approximate surface area is 174 Å². The van der Waals surface area contributed by atoms with E-state index >= 15 is 0 Å². The van der Waals surface area contributed by atoms with Gasteiger partial charge in [-0.1, -0.05) is 25.0 Å². The smallest absolute Gasteiger partial charge is 0.223 e. The molecule has 0 spiro atoms. The summed E-state index contributed by atoms with van der Waals surface area (Å²) in [4.78, 5) is 14.8. The lowest BCUT2D eigenvalue weighted by Gasteiger charge is -2.31. The molecule has 29 heavy (non-hydrogen) atoms. The molecule has 1 aromatic rings. The fraction of sp³-hybridized carbons (Fsp3) is 0.667. The molecule has 1 heterocycles. The molecule has 3 rings (SSSR count). The van der Waals surface area contributed by atoms with Gasteiger partial charge in [-0.3, -0.25) is 4.79 Å². The largest absolute Gasteiger partial charge is 0.497 e. The Bertz CT molecular complexity index is 755. The van der Waals surface area contributed by atoms with Gasteiger partial charge in [0.15, 0.2) is 0 Å². The maximum Gasteiger partial charge on any atom is 0.223 e. The van der Waals surface area contributed by atoms with Crippen molar-refractivity contribution in [1.29, 1.82) is 0 Å². The molecule has 0 radical (unpaired) electrons. The molecule has 1 N–H and O–H groups in total. The second-order valence-corrected chi connectivity index (χ2v) is 9.93. The number of piperazine rings is 1. The zero-order chi connectivity index (χ0) is 20.7. The third kappa shape index (κ3) is 6.17. The highest BCUT2D eigenvalue weighted by atomic mass is 32.2. The van der Waals surface area contributed by atoms with E-state index in [0.29, 0.717) is 45.6 Å². The van der Waals surface area contributed by atoms with Gasteiger partial charge in [-0.2, -0.15) is 4.31 Å². The van der Waals surface area contributed by atoms with Gasteiger partial charge in [-0.15, -0.1) is 0 Å². The Kier molecular flexibility index (Phi) is 7.91. The maximum atomic E-state index is 13.0. The molecule has 1 saturated heterocycles. The average molecular weight is 424 g/mol. The lowest BCUT2D eigenvalue weighted by Crippen LogP contribution is -2.49. The molecular formula is C21H33N3O4S. The molecule has 1 amide bonds. The van der Waals surface area contributed by atoms with Crippen LogP contribution in [0.2, 0.25) is 0 Å². The van der Waals surface area contributed by atoms with Crippen LogP contribution in [0.25, 0.3) is 0 Å². The minimum absolute atomic E-state index is 0.0117. The Morgan fingerprint density at radius 3 is 2.45 bits per heavy atom. The van der Waals surface area contributed by atoms with Crippen LogP contribution in [0.5, 0.6) is 5.75 Å². The normalized spacial score (nSPS) is 18.7. The molecule has 0 aromatic heterocycles. The number of aryl methyl sites for hydroxylation is 1. The quantitative estimate of drug-likeness (QED) is 0.653. The maximum absolute atomic E-state index is 13.0. The zero-order valence-corrected chi connectivity index (χ0v) is 18.1. The summed E-state index contributed by atoms with van der Waals surface area (Å²) in [7, 11) is -1.70. The Balaban J connectivity index is 1.59. The SMILES string of the molecule is COc1ccc(CCC(=O)N(CCS(=O)(=O)N2CCNCC2)C2CCCC2)cc1. The van der Waals surface area contributed by atoms with E-state index in [1.807, 2.05) is 29.2 Å². The third-order valence-corrected chi connectivity index (χ3v) is 7.78. The highest BCUT2D eigenvalue weighted by molar-refractivity contribution is 7.89. The van der Waals surface area contributed by atoms with E-state index in [0.717, 1.165) is 37.0 Å². The summed E-state index contributed by atoms with van der Waals surface area (Å²) >= 11 is 0. The van der Waals surface area contributed by atoms with E-state index in [1.54, 1.807) is 11.4 Å². The first-order valence-corrected chi connectivity index (χ1v) is 12.2. The standard InChI is InChI=1S/C21H33N3O4S/c1-28-20-9-6-18(7-10-20)8-11-21(25)24(19-4-2-3-5-19)16-17-29(26,27)23-14-12-22-13-15-23/h6-7,9-10,19,22H,2-5,8,11-17H2,1H3. The number of hydrogen-bond donors (Lipinski definition) is 1. The molecule has 8 heteroatoms. The monoisotopic (exact) mass is 423 g/mol. The number of methoxy groups -OCH3 is 1. The van der Waals surface area contributed by atoms with Crippen LogP contribution < -0.4 is 10.1 Å². The lowest BCUT2D eigenvalue weighted by molar-refractivity contribution is -0.133. The number of carbonyl (C=O) groups excluding carboxylic acids is 1. The van der Waals surface area contributed by atoms with Crippen LogP contribution in [-0.2, 0) is 21.2 Å². The Hall–Kier alpha value is -1.64. The molecule has 0 bridgehead atoms. The van der Waals surface area contributed by atoms with Crippen molar-refractivity contribution in [3.63, 3.8) is 0 Å². The van der Waals surface area contributed by atoms with Crippen molar-refractivity contribution in [2.24, 2.45) is 0 Å². The van der Waals surface area contributed by atoms with Crippen molar-refractivity contribution in [2.75, 3.05) is 45.6 Å². The number of carbonyl (C=O) groups is 1. The second kappa shape index (κ2) is 10.4. The van der Waals surface area contributed by atoms with Gasteiger partial charge in [-0.05, 0) is 37.0 Å². The van der Waals surface area contributed by atoms with Gasteiger partial charge in [0.05, 0.1) is 12.9 Å². The zero-order valence-electron chi connectivity index (χ0n) is 17.3. The van der Waals surface area contributed by atoms with Crippen molar-refractivity contribution in [3.05, 3.63) is 29.8 Å². The summed E-state index contributed by atoms with van der Waals surface area (Å²) in [6, 6.07) is 7.92. The summed E-state index contributed by atoms with van der Waals surface area (Å²) in [5.74, 6) is 0.867. The highest BCUT2D eigenvalue weighted by Crippen LogP contribution is 2.25. The Morgan fingerprint density at radius 2 is 1.83 bits per heavy atom. The molecule has 0 atom stereocenters. The van der Waals surface area contributed by atoms with Crippen molar-refractivity contribution >= 4 is 15.9 Å². The van der Waals surface area contributed by atoms with E-state index in [9.17, 15) is 13.2 Å². The number of ether oxygens (including phenoxy) is 1. The predicted molar refractivity (Wildman–Crippen MR) is 114 cm³/mol. The van der Waals surface area contributed by atoms with Gasteiger partial charge < -0.3 is 15.0 Å². The number of benzene rings is 1. The number of nitrogens with one attached hydrogen (secondary N) is 1. The molecule has 1 saturated carbocycles. The number of amides is 1. The van der Waals surface area contributed by atoms with Crippen LogP contribution in [0.1, 0.15) is 37.7 Å². The van der Waals surface area contributed by atoms with E-state index in [-0.39, 0.29) is 17.7 Å². The summed E-state index contributed by atoms with van der Waals surface area (Å²) in [6.07, 6.45) is 5.21. The molecule has 162 valence electrons. The van der Waals surface area contributed by atoms with Gasteiger partial charge >= 0.3 is 0 Å². The molecule has 2 aliphatic rings. The van der Waals surface area contributed by atoms with E-state index in [2.05, 4.69) is 5.32 Å². The van der Waals surface area contributed by atoms with Crippen molar-refractivity contribution in [1.82, 2.24) is 14.5 Å². The van der Waals surface area contributed by atoms with Crippen LogP contribution in [-0.4, -0.2) is 75.2 Å². The fourth-order valence-electron chi connectivity index (χ4n) is 4.18. The number of hydrogen-bond acceptors (Lipinski definition) is 5. The molecular weight excluding hydrogens is 390 g/mol. The number of nitrogens with zero attached hydrogens (tertiary/aromatic N) is 2. The van der Waals surface area contributed by atoms with E-state index in [1.165, 1.54) is 0 Å². The third-order valence-electron chi connectivity index (χ3n) is 5.93. The van der Waals surface area contributed by atoms with Crippen LogP contribution in [0.4, 0.5) is 0 Å². The predicted octanol–water partition coefficient (Wildman–Crippen LogP) is 1.63. The molecule has 2 fully saturated rings. The lowest BCUT2D eigenvalue weighted by atomic mass is 10.1. The summed E-state index contributed by atoms with van der Waals surface area (Å²) in [6.45, 7) is 2.69. The van der Waals surface area contributed by atoms with E-state index in [4.69, 9.17) is 4.74 Å². The first-order chi connectivity index (χ1) is 14.0. The first kappa shape index (κ1) is 22.1. The molecule has 0 unspecified atom stereocenters. The van der Waals surface area contributed by atoms with Crippen LogP contribution in [0.3, 0.4) is 0 Å². The minimum atomic E-state index is -3.33. The highest BCUT2D eigenvalue weighted by Gasteiger charge is 2.30. The van der Waals surface area contributed by atoms with E-state index < -0.39 is 10.0 Å². The van der Waals surface area contributed by atoms with Gasteiger partial charge in [0.25, 0.3) is 0 Å². The van der Waals surface area contributed by atoms with Gasteiger partial charge in [0.1, 0.15) is 5.75 Å². The average Bonchev–Trinajstić information content (AvgIpc) is 3.28. The topological polar surface area (TPSA) is 79.0 Å². The van der Waals surface area contributed by atoms with Crippen molar-refractivity contribution in [2.45, 2.75) is 44.6 Å². The number of rotatable bonds is 9. The van der Waals surface area contributed by atoms with Crippen LogP contribution in [0.15, 0.2) is 24.3 Å². The molecule has 1 aromatic carbocycles. The second-order valence-electron chi connectivity index (χ2n) is 7.84. The Morgan fingerprint density at radius 1 is 1.17 bits per heavy atom. The molecule has 7 nitrogen and oxygen atoms in total. The fourth-order valence-corrected chi connectivity index (χ4v) is 5.60. The molecule has 1 aliphatic heterocycles. The van der Waals surface area contributed by atoms with Crippen molar-refractivity contribution in [3.8, 4) is 5.75 Å². The van der Waals surface area contributed by atoms with Gasteiger partial charge in [-0.25, -0.2) is 8.42 Å². The number of sulfonamides is 1. The summed E-state index contributed by atoms with van der Waals surface area (Å²) in [5.41, 5.74) is 1.08. The minimum Gasteiger partial charge on any atom is -0.497 e. The first-order valence-electron chi connectivity index (χ1n) is 10.6. The molecule has 1 aliphatic carbocycles.